The van der Waals surface area contributed by atoms with Crippen molar-refractivity contribution in [3.63, 3.8) is 0 Å². The molecule has 5 aromatic rings. The van der Waals surface area contributed by atoms with Crippen molar-refractivity contribution in [2.45, 2.75) is 13.8 Å². The lowest BCUT2D eigenvalue weighted by atomic mass is 10.2. The third kappa shape index (κ3) is 4.44. The average molecular weight is 532 g/mol. The smallest absolute Gasteiger partial charge is 0.282 e. The molecule has 7 nitrogen and oxygen atoms in total. The van der Waals surface area contributed by atoms with Crippen molar-refractivity contribution < 1.29 is 13.9 Å². The second-order valence-corrected chi connectivity index (χ2v) is 8.50. The summed E-state index contributed by atoms with van der Waals surface area (Å²) in [6, 6.07) is 20.3. The van der Waals surface area contributed by atoms with Gasteiger partial charge in [-0.05, 0) is 66.2 Å². The van der Waals surface area contributed by atoms with Crippen molar-refractivity contribution >= 4 is 44.0 Å². The molecule has 0 aliphatic carbocycles. The van der Waals surface area contributed by atoms with Crippen LogP contribution in [0.5, 0.6) is 11.5 Å². The molecule has 0 N–H and O–H groups in total. The first-order valence-electron chi connectivity index (χ1n) is 11.2. The number of fused-ring (bicyclic) bond motifs is 2. The van der Waals surface area contributed by atoms with E-state index in [0.29, 0.717) is 58.3 Å². The van der Waals surface area contributed by atoms with Gasteiger partial charge in [-0.15, -0.1) is 0 Å². The minimum Gasteiger partial charge on any atom is -0.490 e. The Morgan fingerprint density at radius 1 is 1.00 bits per heavy atom. The number of aromatic nitrogens is 2. The van der Waals surface area contributed by atoms with Crippen LogP contribution in [0.3, 0.4) is 0 Å². The van der Waals surface area contributed by atoms with E-state index < -0.39 is 0 Å². The van der Waals surface area contributed by atoms with E-state index in [2.05, 4.69) is 21.0 Å². The highest BCUT2D eigenvalue weighted by Gasteiger charge is 2.17. The molecule has 0 aliphatic heterocycles. The Bertz CT molecular complexity index is 1590. The molecule has 8 heteroatoms. The Balaban J connectivity index is 1.67. The second-order valence-electron chi connectivity index (χ2n) is 7.65. The number of halogens is 1. The van der Waals surface area contributed by atoms with Crippen molar-refractivity contribution in [2.24, 2.45) is 5.10 Å². The Kier molecular flexibility index (Phi) is 6.37. The van der Waals surface area contributed by atoms with Crippen LogP contribution in [0, 0.1) is 0 Å². The van der Waals surface area contributed by atoms with Gasteiger partial charge in [0.2, 0.25) is 5.82 Å². The standard InChI is InChI=1S/C27H22BrN3O4/c1-3-33-23-14-18(20(28)15-24(23)34-4-2)16-29-31-26(25-13-17-9-5-8-12-22(17)35-25)30-21-11-7-6-10-19(21)27(31)32/h5-16H,3-4H2,1-2H3. The molecule has 176 valence electrons. The molecule has 3 aromatic carbocycles. The van der Waals surface area contributed by atoms with Crippen LogP contribution in [0.1, 0.15) is 19.4 Å². The van der Waals surface area contributed by atoms with Crippen LogP contribution >= 0.6 is 15.9 Å². The van der Waals surface area contributed by atoms with Gasteiger partial charge in [0, 0.05) is 15.4 Å². The highest BCUT2D eigenvalue weighted by Crippen LogP contribution is 2.33. The fourth-order valence-electron chi connectivity index (χ4n) is 3.79. The second kappa shape index (κ2) is 9.76. The van der Waals surface area contributed by atoms with E-state index >= 15 is 0 Å². The predicted molar refractivity (Wildman–Crippen MR) is 141 cm³/mol. The third-order valence-corrected chi connectivity index (χ3v) is 6.06. The topological polar surface area (TPSA) is 78.9 Å². The minimum absolute atomic E-state index is 0.297. The number of nitrogens with zero attached hydrogens (tertiary/aromatic N) is 3. The van der Waals surface area contributed by atoms with Crippen LogP contribution in [0.15, 0.2) is 85.5 Å². The molecule has 0 spiro atoms. The summed E-state index contributed by atoms with van der Waals surface area (Å²) in [6.45, 7) is 4.82. The first-order valence-corrected chi connectivity index (χ1v) is 12.0. The highest BCUT2D eigenvalue weighted by atomic mass is 79.9. The molecule has 0 aliphatic rings. The molecule has 0 saturated carbocycles. The van der Waals surface area contributed by atoms with Crippen LogP contribution in [-0.2, 0) is 0 Å². The van der Waals surface area contributed by atoms with Crippen LogP contribution in [-0.4, -0.2) is 29.1 Å². The summed E-state index contributed by atoms with van der Waals surface area (Å²) in [4.78, 5) is 18.2. The molecular formula is C27H22BrN3O4. The van der Waals surface area contributed by atoms with Gasteiger partial charge in [0.1, 0.15) is 5.58 Å². The molecule has 0 unspecified atom stereocenters. The quantitative estimate of drug-likeness (QED) is 0.232. The molecule has 0 amide bonds. The maximum absolute atomic E-state index is 13.5. The average Bonchev–Trinajstić information content (AvgIpc) is 3.30. The van der Waals surface area contributed by atoms with Gasteiger partial charge in [-0.3, -0.25) is 4.79 Å². The SMILES string of the molecule is CCOc1cc(Br)c(C=Nn2c(-c3cc4ccccc4o3)nc3ccccc3c2=O)cc1OCC. The Morgan fingerprint density at radius 3 is 2.49 bits per heavy atom. The number of hydrogen-bond acceptors (Lipinski definition) is 6. The zero-order valence-electron chi connectivity index (χ0n) is 19.2. The summed E-state index contributed by atoms with van der Waals surface area (Å²) in [6.07, 6.45) is 1.59. The van der Waals surface area contributed by atoms with E-state index in [1.807, 2.05) is 62.4 Å². The largest absolute Gasteiger partial charge is 0.490 e. The highest BCUT2D eigenvalue weighted by molar-refractivity contribution is 9.10. The number of hydrogen-bond donors (Lipinski definition) is 0. The van der Waals surface area contributed by atoms with Crippen LogP contribution in [0.4, 0.5) is 0 Å². The molecule has 0 fully saturated rings. The van der Waals surface area contributed by atoms with Gasteiger partial charge in [0.25, 0.3) is 5.56 Å². The first-order chi connectivity index (χ1) is 17.1. The normalized spacial score (nSPS) is 11.5. The monoisotopic (exact) mass is 531 g/mol. The zero-order valence-corrected chi connectivity index (χ0v) is 20.8. The molecular weight excluding hydrogens is 510 g/mol. The molecule has 2 aromatic heterocycles. The summed E-state index contributed by atoms with van der Waals surface area (Å²) in [5.41, 5.74) is 1.69. The van der Waals surface area contributed by atoms with Crippen molar-refractivity contribution in [2.75, 3.05) is 13.2 Å². The molecule has 0 radical (unpaired) electrons. The van der Waals surface area contributed by atoms with E-state index in [1.54, 1.807) is 24.4 Å². The van der Waals surface area contributed by atoms with Gasteiger partial charge >= 0.3 is 0 Å². The molecule has 0 bridgehead atoms. The Morgan fingerprint density at radius 2 is 1.71 bits per heavy atom. The van der Waals surface area contributed by atoms with E-state index in [4.69, 9.17) is 18.9 Å². The van der Waals surface area contributed by atoms with Crippen molar-refractivity contribution in [3.05, 3.63) is 87.1 Å². The Hall–Kier alpha value is -3.91. The van der Waals surface area contributed by atoms with Crippen LogP contribution in [0.2, 0.25) is 0 Å². The first kappa shape index (κ1) is 22.9. The van der Waals surface area contributed by atoms with E-state index in [1.165, 1.54) is 4.68 Å². The third-order valence-electron chi connectivity index (χ3n) is 5.37. The summed E-state index contributed by atoms with van der Waals surface area (Å²) in [7, 11) is 0. The van der Waals surface area contributed by atoms with Crippen LogP contribution < -0.4 is 15.0 Å². The fraction of sp³-hybridized carbons (Fsp3) is 0.148. The summed E-state index contributed by atoms with van der Waals surface area (Å²) >= 11 is 3.57. The van der Waals surface area contributed by atoms with Crippen LogP contribution in [0.25, 0.3) is 33.5 Å². The Labute approximate surface area is 209 Å². The number of ether oxygens (including phenoxy) is 2. The molecule has 5 rings (SSSR count). The van der Waals surface area contributed by atoms with E-state index in [9.17, 15) is 4.79 Å². The molecule has 0 saturated heterocycles. The maximum Gasteiger partial charge on any atom is 0.282 e. The summed E-state index contributed by atoms with van der Waals surface area (Å²) in [5, 5.41) is 5.92. The van der Waals surface area contributed by atoms with Gasteiger partial charge in [0.05, 0.1) is 30.3 Å². The number of para-hydroxylation sites is 2. The fourth-order valence-corrected chi connectivity index (χ4v) is 4.21. The van der Waals surface area contributed by atoms with Gasteiger partial charge < -0.3 is 13.9 Å². The minimum atomic E-state index is -0.297. The van der Waals surface area contributed by atoms with E-state index in [-0.39, 0.29) is 5.56 Å². The number of furan rings is 1. The molecule has 2 heterocycles. The lowest BCUT2D eigenvalue weighted by molar-refractivity contribution is 0.287. The lowest BCUT2D eigenvalue weighted by Crippen LogP contribution is -2.20. The van der Waals surface area contributed by atoms with Gasteiger partial charge in [-0.1, -0.05) is 30.3 Å². The molecule has 35 heavy (non-hydrogen) atoms. The maximum atomic E-state index is 13.5. The zero-order chi connectivity index (χ0) is 24.4. The van der Waals surface area contributed by atoms with Crippen molar-refractivity contribution in [3.8, 4) is 23.1 Å². The van der Waals surface area contributed by atoms with Gasteiger partial charge in [-0.2, -0.15) is 9.78 Å². The van der Waals surface area contributed by atoms with E-state index in [0.717, 1.165) is 9.86 Å². The van der Waals surface area contributed by atoms with Gasteiger partial charge in [-0.25, -0.2) is 4.98 Å². The number of rotatable bonds is 7. The molecule has 0 atom stereocenters. The van der Waals surface area contributed by atoms with Crippen molar-refractivity contribution in [1.29, 1.82) is 0 Å². The lowest BCUT2D eigenvalue weighted by Gasteiger charge is -2.13. The van der Waals surface area contributed by atoms with Crippen molar-refractivity contribution in [1.82, 2.24) is 9.66 Å². The number of benzene rings is 3. The van der Waals surface area contributed by atoms with Gasteiger partial charge in [0.15, 0.2) is 17.3 Å². The summed E-state index contributed by atoms with van der Waals surface area (Å²) in [5.74, 6) is 1.99. The predicted octanol–water partition coefficient (Wildman–Crippen LogP) is 6.25. The summed E-state index contributed by atoms with van der Waals surface area (Å²) < 4.78 is 19.5.